The molecule has 0 aromatic heterocycles. The van der Waals surface area contributed by atoms with Crippen LogP contribution in [0.25, 0.3) is 0 Å². The number of hydrogen-bond acceptors (Lipinski definition) is 5. The summed E-state index contributed by atoms with van der Waals surface area (Å²) in [4.78, 5) is 0. The van der Waals surface area contributed by atoms with E-state index in [9.17, 15) is 8.42 Å². The van der Waals surface area contributed by atoms with Crippen molar-refractivity contribution in [2.75, 3.05) is 26.1 Å². The van der Waals surface area contributed by atoms with Gasteiger partial charge in [0.05, 0.1) is 26.1 Å². The first-order valence-electron chi connectivity index (χ1n) is 6.53. The first-order chi connectivity index (χ1) is 8.41. The highest BCUT2D eigenvalue weighted by Crippen LogP contribution is 2.31. The van der Waals surface area contributed by atoms with Crippen LogP contribution >= 0.6 is 0 Å². The van der Waals surface area contributed by atoms with Gasteiger partial charge in [0.1, 0.15) is 0 Å². The minimum Gasteiger partial charge on any atom is -0.349 e. The third-order valence-electron chi connectivity index (χ3n) is 2.94. The van der Waals surface area contributed by atoms with Gasteiger partial charge in [0.25, 0.3) is 10.1 Å². The molecule has 18 heavy (non-hydrogen) atoms. The van der Waals surface area contributed by atoms with Crippen LogP contribution in [-0.4, -0.2) is 40.3 Å². The van der Waals surface area contributed by atoms with E-state index in [2.05, 4.69) is 13.8 Å². The van der Waals surface area contributed by atoms with Gasteiger partial charge in [-0.15, -0.1) is 0 Å². The van der Waals surface area contributed by atoms with Gasteiger partial charge >= 0.3 is 0 Å². The second-order valence-electron chi connectivity index (χ2n) is 4.89. The molecule has 0 amide bonds. The van der Waals surface area contributed by atoms with Gasteiger partial charge in [-0.1, -0.05) is 26.7 Å². The Morgan fingerprint density at radius 1 is 1.17 bits per heavy atom. The lowest BCUT2D eigenvalue weighted by Gasteiger charge is -2.40. The summed E-state index contributed by atoms with van der Waals surface area (Å²) >= 11 is 0. The summed E-state index contributed by atoms with van der Waals surface area (Å²) in [6.45, 7) is 5.32. The van der Waals surface area contributed by atoms with Gasteiger partial charge in [-0.3, -0.25) is 4.18 Å². The largest absolute Gasteiger partial charge is 0.349 e. The smallest absolute Gasteiger partial charge is 0.264 e. The fraction of sp³-hybridized carbons (Fsp3) is 1.00. The summed E-state index contributed by atoms with van der Waals surface area (Å²) in [6.07, 6.45) is 4.81. The standard InChI is InChI=1S/C12H24O5S/c1-4-6-12(7-5-2)15-8-11(9-16-12)10-17-18(3,13)14/h11H,4-10H2,1-3H3. The predicted octanol–water partition coefficient (Wildman–Crippen LogP) is 1.92. The van der Waals surface area contributed by atoms with Gasteiger partial charge in [-0.25, -0.2) is 0 Å². The molecule has 108 valence electrons. The van der Waals surface area contributed by atoms with Crippen LogP contribution in [0.3, 0.4) is 0 Å². The maximum Gasteiger partial charge on any atom is 0.264 e. The zero-order valence-electron chi connectivity index (χ0n) is 11.5. The molecule has 0 saturated carbocycles. The third kappa shape index (κ3) is 5.22. The lowest BCUT2D eigenvalue weighted by atomic mass is 10.0. The molecule has 1 aliphatic rings. The molecule has 0 aromatic carbocycles. The van der Waals surface area contributed by atoms with Crippen LogP contribution in [0.2, 0.25) is 0 Å². The second-order valence-corrected chi connectivity index (χ2v) is 6.53. The number of rotatable bonds is 7. The zero-order chi connectivity index (χ0) is 13.6. The van der Waals surface area contributed by atoms with Crippen molar-refractivity contribution in [1.82, 2.24) is 0 Å². The van der Waals surface area contributed by atoms with Crippen molar-refractivity contribution < 1.29 is 22.1 Å². The molecule has 0 radical (unpaired) electrons. The molecule has 5 nitrogen and oxygen atoms in total. The van der Waals surface area contributed by atoms with Crippen LogP contribution in [0.15, 0.2) is 0 Å². The first kappa shape index (κ1) is 15.9. The van der Waals surface area contributed by atoms with E-state index >= 15 is 0 Å². The molecule has 1 saturated heterocycles. The van der Waals surface area contributed by atoms with E-state index in [-0.39, 0.29) is 12.5 Å². The lowest BCUT2D eigenvalue weighted by Crippen LogP contribution is -2.45. The molecule has 0 N–H and O–H groups in total. The van der Waals surface area contributed by atoms with Crippen molar-refractivity contribution >= 4 is 10.1 Å². The Bertz CT molecular complexity index is 322. The summed E-state index contributed by atoms with van der Waals surface area (Å²) in [5.74, 6) is -0.480. The Morgan fingerprint density at radius 2 is 1.67 bits per heavy atom. The van der Waals surface area contributed by atoms with E-state index in [0.717, 1.165) is 31.9 Å². The minimum atomic E-state index is -3.38. The summed E-state index contributed by atoms with van der Waals surface area (Å²) in [6, 6.07) is 0. The van der Waals surface area contributed by atoms with E-state index in [1.807, 2.05) is 0 Å². The first-order valence-corrected chi connectivity index (χ1v) is 8.35. The van der Waals surface area contributed by atoms with Crippen molar-refractivity contribution in [2.45, 2.75) is 45.3 Å². The van der Waals surface area contributed by atoms with Crippen molar-refractivity contribution in [3.8, 4) is 0 Å². The van der Waals surface area contributed by atoms with Gasteiger partial charge in [0, 0.05) is 18.8 Å². The molecule has 0 atom stereocenters. The average molecular weight is 280 g/mol. The molecule has 0 spiro atoms. The van der Waals surface area contributed by atoms with Crippen molar-refractivity contribution in [3.63, 3.8) is 0 Å². The topological polar surface area (TPSA) is 61.8 Å². The number of hydrogen-bond donors (Lipinski definition) is 0. The monoisotopic (exact) mass is 280 g/mol. The fourth-order valence-corrected chi connectivity index (χ4v) is 2.56. The van der Waals surface area contributed by atoms with Gasteiger partial charge in [0.15, 0.2) is 5.79 Å². The van der Waals surface area contributed by atoms with Crippen LogP contribution in [0, 0.1) is 5.92 Å². The predicted molar refractivity (Wildman–Crippen MR) is 68.7 cm³/mol. The highest BCUT2D eigenvalue weighted by Gasteiger charge is 2.36. The molecular formula is C12H24O5S. The van der Waals surface area contributed by atoms with Crippen molar-refractivity contribution in [1.29, 1.82) is 0 Å². The van der Waals surface area contributed by atoms with E-state index < -0.39 is 15.9 Å². The van der Waals surface area contributed by atoms with Gasteiger partial charge in [0.2, 0.25) is 0 Å². The Labute approximate surface area is 110 Å². The second kappa shape index (κ2) is 6.84. The van der Waals surface area contributed by atoms with Gasteiger partial charge < -0.3 is 9.47 Å². The van der Waals surface area contributed by atoms with Crippen LogP contribution in [0.1, 0.15) is 39.5 Å². The van der Waals surface area contributed by atoms with E-state index in [4.69, 9.17) is 13.7 Å². The van der Waals surface area contributed by atoms with Gasteiger partial charge in [-0.05, 0) is 0 Å². The highest BCUT2D eigenvalue weighted by atomic mass is 32.2. The molecule has 1 heterocycles. The van der Waals surface area contributed by atoms with E-state index in [1.165, 1.54) is 0 Å². The summed E-state index contributed by atoms with van der Waals surface area (Å²) in [5.41, 5.74) is 0. The number of ether oxygens (including phenoxy) is 2. The summed E-state index contributed by atoms with van der Waals surface area (Å²) in [5, 5.41) is 0. The molecule has 0 bridgehead atoms. The molecule has 1 rings (SSSR count). The molecule has 0 unspecified atom stereocenters. The Kier molecular flexibility index (Phi) is 6.04. The van der Waals surface area contributed by atoms with Crippen LogP contribution in [0.5, 0.6) is 0 Å². The van der Waals surface area contributed by atoms with Crippen molar-refractivity contribution in [3.05, 3.63) is 0 Å². The van der Waals surface area contributed by atoms with Gasteiger partial charge in [-0.2, -0.15) is 8.42 Å². The van der Waals surface area contributed by atoms with Crippen LogP contribution in [-0.2, 0) is 23.8 Å². The molecule has 1 fully saturated rings. The minimum absolute atomic E-state index is 0.0124. The summed E-state index contributed by atoms with van der Waals surface area (Å²) < 4.78 is 38.2. The highest BCUT2D eigenvalue weighted by molar-refractivity contribution is 7.85. The molecule has 0 aliphatic carbocycles. The van der Waals surface area contributed by atoms with E-state index in [1.54, 1.807) is 0 Å². The maximum atomic E-state index is 10.9. The van der Waals surface area contributed by atoms with Crippen LogP contribution in [0.4, 0.5) is 0 Å². The average Bonchev–Trinajstić information content (AvgIpc) is 2.28. The Hall–Kier alpha value is -0.170. The lowest BCUT2D eigenvalue weighted by molar-refractivity contribution is -0.291. The van der Waals surface area contributed by atoms with Crippen molar-refractivity contribution in [2.24, 2.45) is 5.92 Å². The Balaban J connectivity index is 2.42. The Morgan fingerprint density at radius 3 is 2.06 bits per heavy atom. The maximum absolute atomic E-state index is 10.9. The molecule has 1 aliphatic heterocycles. The fourth-order valence-electron chi connectivity index (χ4n) is 2.12. The van der Waals surface area contributed by atoms with Crippen LogP contribution < -0.4 is 0 Å². The zero-order valence-corrected chi connectivity index (χ0v) is 12.3. The molecule has 6 heteroatoms. The quantitative estimate of drug-likeness (QED) is 0.667. The summed E-state index contributed by atoms with van der Waals surface area (Å²) in [7, 11) is -3.38. The third-order valence-corrected chi connectivity index (χ3v) is 3.51. The normalized spacial score (nSPS) is 21.1. The molecule has 0 aromatic rings. The molecular weight excluding hydrogens is 256 g/mol. The SMILES string of the molecule is CCCC1(CCC)OCC(COS(C)(=O)=O)CO1. The van der Waals surface area contributed by atoms with E-state index in [0.29, 0.717) is 13.2 Å².